The predicted octanol–water partition coefficient (Wildman–Crippen LogP) is 5.80. The van der Waals surface area contributed by atoms with E-state index in [0.29, 0.717) is 5.92 Å². The van der Waals surface area contributed by atoms with Crippen LogP contribution in [0.1, 0.15) is 68.1 Å². The molecule has 1 fully saturated rings. The number of rotatable bonds is 4. The topological polar surface area (TPSA) is 0 Å². The first kappa shape index (κ1) is 12.7. The van der Waals surface area contributed by atoms with Crippen molar-refractivity contribution in [1.82, 2.24) is 0 Å². The highest BCUT2D eigenvalue weighted by Crippen LogP contribution is 2.41. The first-order chi connectivity index (χ1) is 9.28. The number of benzene rings is 1. The second-order valence-corrected chi connectivity index (χ2v) is 6.26. The second kappa shape index (κ2) is 5.36. The summed E-state index contributed by atoms with van der Waals surface area (Å²) in [6, 6.07) is 6.77. The van der Waals surface area contributed by atoms with Gasteiger partial charge >= 0.3 is 0 Å². The Hall–Kier alpha value is -1.30. The van der Waals surface area contributed by atoms with Gasteiger partial charge in [-0.1, -0.05) is 68.2 Å². The zero-order valence-corrected chi connectivity index (χ0v) is 12.0. The van der Waals surface area contributed by atoms with Crippen LogP contribution in [0.3, 0.4) is 0 Å². The van der Waals surface area contributed by atoms with Crippen LogP contribution in [0.4, 0.5) is 0 Å². The molecule has 0 saturated heterocycles. The summed E-state index contributed by atoms with van der Waals surface area (Å²) in [5, 5.41) is 0. The largest absolute Gasteiger partial charge is 0.0985 e. The highest BCUT2D eigenvalue weighted by atomic mass is 14.3. The Morgan fingerprint density at radius 2 is 2.00 bits per heavy atom. The predicted molar refractivity (Wildman–Crippen MR) is 84.1 cm³/mol. The highest BCUT2D eigenvalue weighted by molar-refractivity contribution is 5.68. The molecule has 0 heterocycles. The van der Waals surface area contributed by atoms with Gasteiger partial charge in [-0.2, -0.15) is 0 Å². The molecule has 2 aliphatic carbocycles. The average Bonchev–Trinajstić information content (AvgIpc) is 3.03. The standard InChI is InChI=1S/C19H24/c1-3-15-8-10-17-12-14(2)18(19(17)13-15)11-9-16-6-4-5-7-16/h3,8,10,12-13,16,18H,1,4-7,9,11H2,2H3. The second-order valence-electron chi connectivity index (χ2n) is 6.26. The number of hydrogen-bond donors (Lipinski definition) is 0. The zero-order valence-electron chi connectivity index (χ0n) is 12.0. The molecule has 1 aromatic rings. The Bertz CT molecular complexity index is 501. The summed E-state index contributed by atoms with van der Waals surface area (Å²) in [7, 11) is 0. The van der Waals surface area contributed by atoms with Gasteiger partial charge in [0.1, 0.15) is 0 Å². The van der Waals surface area contributed by atoms with Crippen molar-refractivity contribution in [1.29, 1.82) is 0 Å². The molecule has 1 atom stereocenters. The van der Waals surface area contributed by atoms with Crippen molar-refractivity contribution in [3.63, 3.8) is 0 Å². The lowest BCUT2D eigenvalue weighted by Gasteiger charge is -2.17. The van der Waals surface area contributed by atoms with E-state index in [1.165, 1.54) is 55.2 Å². The van der Waals surface area contributed by atoms with E-state index in [4.69, 9.17) is 0 Å². The molecular formula is C19H24. The maximum Gasteiger partial charge on any atom is 0.00549 e. The Balaban J connectivity index is 1.75. The van der Waals surface area contributed by atoms with Gasteiger partial charge in [-0.05, 0) is 42.4 Å². The molecule has 19 heavy (non-hydrogen) atoms. The maximum absolute atomic E-state index is 3.89. The minimum atomic E-state index is 0.662. The van der Waals surface area contributed by atoms with E-state index < -0.39 is 0 Å². The van der Waals surface area contributed by atoms with Gasteiger partial charge in [0.15, 0.2) is 0 Å². The van der Waals surface area contributed by atoms with E-state index in [1.807, 2.05) is 6.08 Å². The minimum absolute atomic E-state index is 0.662. The van der Waals surface area contributed by atoms with Gasteiger partial charge in [0.25, 0.3) is 0 Å². The van der Waals surface area contributed by atoms with Gasteiger partial charge in [-0.3, -0.25) is 0 Å². The fourth-order valence-electron chi connectivity index (χ4n) is 3.83. The molecular weight excluding hydrogens is 228 g/mol. The van der Waals surface area contributed by atoms with Crippen molar-refractivity contribution >= 4 is 12.2 Å². The van der Waals surface area contributed by atoms with Crippen molar-refractivity contribution in [3.8, 4) is 0 Å². The summed E-state index contributed by atoms with van der Waals surface area (Å²) in [6.45, 7) is 6.19. The molecule has 1 unspecified atom stereocenters. The highest BCUT2D eigenvalue weighted by Gasteiger charge is 2.24. The third-order valence-corrected chi connectivity index (χ3v) is 4.99. The molecule has 100 valence electrons. The fourth-order valence-corrected chi connectivity index (χ4v) is 3.83. The monoisotopic (exact) mass is 252 g/mol. The lowest BCUT2D eigenvalue weighted by Crippen LogP contribution is -2.02. The summed E-state index contributed by atoms with van der Waals surface area (Å²) < 4.78 is 0. The fraction of sp³-hybridized carbons (Fsp3) is 0.474. The van der Waals surface area contributed by atoms with Crippen LogP contribution in [0.15, 0.2) is 30.4 Å². The molecule has 3 rings (SSSR count). The average molecular weight is 252 g/mol. The molecule has 0 aliphatic heterocycles. The molecule has 0 spiro atoms. The third kappa shape index (κ3) is 2.54. The van der Waals surface area contributed by atoms with Gasteiger partial charge < -0.3 is 0 Å². The molecule has 0 heteroatoms. The molecule has 0 bridgehead atoms. The lowest BCUT2D eigenvalue weighted by molar-refractivity contribution is 0.467. The Labute approximate surface area is 117 Å². The summed E-state index contributed by atoms with van der Waals surface area (Å²) in [5.41, 5.74) is 5.77. The molecule has 1 aromatic carbocycles. The SMILES string of the molecule is C=Cc1ccc2c(c1)C(CCC1CCCC1)C(C)=C2. The van der Waals surface area contributed by atoms with Crippen molar-refractivity contribution in [3.05, 3.63) is 47.0 Å². The summed E-state index contributed by atoms with van der Waals surface area (Å²) in [6.07, 6.45) is 12.9. The Morgan fingerprint density at radius 3 is 2.74 bits per heavy atom. The molecule has 0 N–H and O–H groups in total. The van der Waals surface area contributed by atoms with E-state index in [0.717, 1.165) is 5.92 Å². The van der Waals surface area contributed by atoms with E-state index in [9.17, 15) is 0 Å². The van der Waals surface area contributed by atoms with E-state index in [1.54, 1.807) is 5.57 Å². The number of hydrogen-bond acceptors (Lipinski definition) is 0. The molecule has 0 radical (unpaired) electrons. The molecule has 1 saturated carbocycles. The van der Waals surface area contributed by atoms with Crippen molar-refractivity contribution in [2.75, 3.05) is 0 Å². The van der Waals surface area contributed by atoms with Crippen LogP contribution in [0.2, 0.25) is 0 Å². The summed E-state index contributed by atoms with van der Waals surface area (Å²) >= 11 is 0. The van der Waals surface area contributed by atoms with Crippen LogP contribution < -0.4 is 0 Å². The van der Waals surface area contributed by atoms with Gasteiger partial charge in [0.2, 0.25) is 0 Å². The number of allylic oxidation sites excluding steroid dienone is 1. The molecule has 2 aliphatic rings. The van der Waals surface area contributed by atoms with Crippen molar-refractivity contribution in [2.24, 2.45) is 5.92 Å². The van der Waals surface area contributed by atoms with Gasteiger partial charge in [0.05, 0.1) is 0 Å². The quantitative estimate of drug-likeness (QED) is 0.635. The van der Waals surface area contributed by atoms with Gasteiger partial charge in [0, 0.05) is 5.92 Å². The molecule has 0 aromatic heterocycles. The lowest BCUT2D eigenvalue weighted by atomic mass is 9.87. The zero-order chi connectivity index (χ0) is 13.2. The van der Waals surface area contributed by atoms with E-state index >= 15 is 0 Å². The van der Waals surface area contributed by atoms with E-state index in [2.05, 4.69) is 37.8 Å². The van der Waals surface area contributed by atoms with E-state index in [-0.39, 0.29) is 0 Å². The summed E-state index contributed by atoms with van der Waals surface area (Å²) in [5.74, 6) is 1.66. The Morgan fingerprint density at radius 1 is 1.21 bits per heavy atom. The third-order valence-electron chi connectivity index (χ3n) is 4.99. The van der Waals surface area contributed by atoms with Crippen LogP contribution >= 0.6 is 0 Å². The molecule has 0 nitrogen and oxygen atoms in total. The van der Waals surface area contributed by atoms with Crippen molar-refractivity contribution < 1.29 is 0 Å². The smallest absolute Gasteiger partial charge is 0.00549 e. The van der Waals surface area contributed by atoms with Crippen LogP contribution in [0.5, 0.6) is 0 Å². The van der Waals surface area contributed by atoms with Crippen molar-refractivity contribution in [2.45, 2.75) is 51.4 Å². The van der Waals surface area contributed by atoms with Gasteiger partial charge in [-0.15, -0.1) is 0 Å². The minimum Gasteiger partial charge on any atom is -0.0985 e. The van der Waals surface area contributed by atoms with Crippen LogP contribution in [-0.2, 0) is 0 Å². The summed E-state index contributed by atoms with van der Waals surface area (Å²) in [4.78, 5) is 0. The van der Waals surface area contributed by atoms with Crippen LogP contribution in [0.25, 0.3) is 12.2 Å². The first-order valence-corrected chi connectivity index (χ1v) is 7.72. The normalized spacial score (nSPS) is 22.4. The van der Waals surface area contributed by atoms with Crippen LogP contribution in [-0.4, -0.2) is 0 Å². The Kier molecular flexibility index (Phi) is 3.59. The van der Waals surface area contributed by atoms with Crippen LogP contribution in [0, 0.1) is 5.92 Å². The first-order valence-electron chi connectivity index (χ1n) is 7.72. The maximum atomic E-state index is 3.89. The molecule has 0 amide bonds. The van der Waals surface area contributed by atoms with Gasteiger partial charge in [-0.25, -0.2) is 0 Å². The number of fused-ring (bicyclic) bond motifs is 1.